The molecule has 1 aromatic heterocycles. The van der Waals surface area contributed by atoms with Gasteiger partial charge in [0.2, 0.25) is 0 Å². The molecule has 0 saturated carbocycles. The lowest BCUT2D eigenvalue weighted by molar-refractivity contribution is 0.954. The van der Waals surface area contributed by atoms with E-state index in [9.17, 15) is 0 Å². The van der Waals surface area contributed by atoms with Gasteiger partial charge in [-0.25, -0.2) is 0 Å². The maximum atomic E-state index is 6.32. The van der Waals surface area contributed by atoms with Crippen LogP contribution in [0.5, 0.6) is 0 Å². The van der Waals surface area contributed by atoms with Crippen LogP contribution >= 0.6 is 22.9 Å². The van der Waals surface area contributed by atoms with Crippen molar-refractivity contribution in [1.82, 2.24) is 0 Å². The minimum atomic E-state index is 0.879. The first-order valence-electron chi connectivity index (χ1n) is 6.54. The smallest absolute Gasteiger partial charge is 0.0441 e. The fourth-order valence-corrected chi connectivity index (χ4v) is 4.62. The molecule has 1 aliphatic carbocycles. The molecule has 94 valence electrons. The summed E-state index contributed by atoms with van der Waals surface area (Å²) >= 11 is 8.22. The van der Waals surface area contributed by atoms with Crippen LogP contribution in [0.2, 0.25) is 5.02 Å². The molecule has 2 heteroatoms. The molecule has 4 rings (SSSR count). The average Bonchev–Trinajstić information content (AvgIpc) is 2.81. The van der Waals surface area contributed by atoms with E-state index < -0.39 is 0 Å². The van der Waals surface area contributed by atoms with E-state index in [0.717, 1.165) is 17.9 Å². The van der Waals surface area contributed by atoms with Gasteiger partial charge < -0.3 is 0 Å². The van der Waals surface area contributed by atoms with Crippen LogP contribution < -0.4 is 0 Å². The number of fused-ring (bicyclic) bond motifs is 5. The molecule has 0 atom stereocenters. The van der Waals surface area contributed by atoms with Crippen LogP contribution in [0.25, 0.3) is 20.5 Å². The van der Waals surface area contributed by atoms with Gasteiger partial charge in [-0.3, -0.25) is 0 Å². The van der Waals surface area contributed by atoms with Crippen molar-refractivity contribution < 1.29 is 0 Å². The summed E-state index contributed by atoms with van der Waals surface area (Å²) in [6, 6.07) is 12.9. The van der Waals surface area contributed by atoms with Gasteiger partial charge in [-0.2, -0.15) is 0 Å². The third-order valence-corrected chi connectivity index (χ3v) is 5.69. The quantitative estimate of drug-likeness (QED) is 0.502. The molecule has 0 aliphatic heterocycles. The summed E-state index contributed by atoms with van der Waals surface area (Å²) in [5, 5.41) is 2.30. The van der Waals surface area contributed by atoms with Gasteiger partial charge in [-0.1, -0.05) is 35.9 Å². The van der Waals surface area contributed by atoms with Crippen molar-refractivity contribution >= 4 is 33.0 Å². The van der Waals surface area contributed by atoms with Crippen molar-refractivity contribution in [2.75, 3.05) is 0 Å². The average molecular weight is 285 g/mol. The second-order valence-corrected chi connectivity index (χ2v) is 6.57. The summed E-state index contributed by atoms with van der Waals surface area (Å²) in [4.78, 5) is 1.43. The highest BCUT2D eigenvalue weighted by Gasteiger charge is 2.23. The van der Waals surface area contributed by atoms with Crippen molar-refractivity contribution in [2.45, 2.75) is 19.8 Å². The minimum absolute atomic E-state index is 0.879. The maximum absolute atomic E-state index is 6.32. The predicted octanol–water partition coefficient (Wildman–Crippen LogP) is 5.63. The molecule has 0 N–H and O–H groups in total. The summed E-state index contributed by atoms with van der Waals surface area (Å²) in [6.07, 6.45) is 2.27. The van der Waals surface area contributed by atoms with Crippen molar-refractivity contribution in [2.24, 2.45) is 0 Å². The number of halogens is 1. The normalized spacial score (nSPS) is 13.4. The topological polar surface area (TPSA) is 0 Å². The third kappa shape index (κ3) is 1.58. The second kappa shape index (κ2) is 4.09. The first-order valence-corrected chi connectivity index (χ1v) is 7.74. The van der Waals surface area contributed by atoms with E-state index in [4.69, 9.17) is 11.6 Å². The largest absolute Gasteiger partial charge is 0.135 e. The highest BCUT2D eigenvalue weighted by molar-refractivity contribution is 7.22. The zero-order valence-corrected chi connectivity index (χ0v) is 12.2. The van der Waals surface area contributed by atoms with Crippen LogP contribution in [-0.4, -0.2) is 0 Å². The first kappa shape index (κ1) is 11.5. The fourth-order valence-electron chi connectivity index (χ4n) is 3.08. The van der Waals surface area contributed by atoms with Crippen molar-refractivity contribution in [3.63, 3.8) is 0 Å². The fraction of sp³-hybridized carbons (Fsp3) is 0.176. The van der Waals surface area contributed by atoms with Crippen molar-refractivity contribution in [1.29, 1.82) is 0 Å². The summed E-state index contributed by atoms with van der Waals surface area (Å²) < 4.78 is 1.39. The maximum Gasteiger partial charge on any atom is 0.0441 e. The monoisotopic (exact) mass is 284 g/mol. The van der Waals surface area contributed by atoms with E-state index in [1.165, 1.54) is 37.2 Å². The summed E-state index contributed by atoms with van der Waals surface area (Å²) in [6.45, 7) is 2.14. The minimum Gasteiger partial charge on any atom is -0.135 e. The number of thiophene rings is 1. The van der Waals surface area contributed by atoms with Gasteiger partial charge in [0.1, 0.15) is 0 Å². The zero-order valence-electron chi connectivity index (χ0n) is 10.7. The highest BCUT2D eigenvalue weighted by Crippen LogP contribution is 2.46. The SMILES string of the molecule is Cc1c(Cl)ccc2c1-c1sc3ccccc3c1CC2. The van der Waals surface area contributed by atoms with Crippen LogP contribution in [0.4, 0.5) is 0 Å². The van der Waals surface area contributed by atoms with Gasteiger partial charge in [-0.15, -0.1) is 11.3 Å². The Morgan fingerprint density at radius 1 is 1.05 bits per heavy atom. The van der Waals surface area contributed by atoms with Crippen LogP contribution in [0.3, 0.4) is 0 Å². The number of rotatable bonds is 0. The van der Waals surface area contributed by atoms with E-state index in [1.807, 2.05) is 17.4 Å². The lowest BCUT2D eigenvalue weighted by Crippen LogP contribution is -2.03. The summed E-state index contributed by atoms with van der Waals surface area (Å²) in [5.74, 6) is 0. The third-order valence-electron chi connectivity index (χ3n) is 4.05. The highest BCUT2D eigenvalue weighted by atomic mass is 35.5. The van der Waals surface area contributed by atoms with E-state index >= 15 is 0 Å². The van der Waals surface area contributed by atoms with Gasteiger partial charge in [-0.05, 0) is 59.5 Å². The zero-order chi connectivity index (χ0) is 13.0. The van der Waals surface area contributed by atoms with E-state index in [0.29, 0.717) is 0 Å². The Morgan fingerprint density at radius 2 is 1.89 bits per heavy atom. The number of aryl methyl sites for hydroxylation is 2. The Hall–Kier alpha value is -1.31. The summed E-state index contributed by atoms with van der Waals surface area (Å²) in [7, 11) is 0. The van der Waals surface area contributed by atoms with Gasteiger partial charge in [0.25, 0.3) is 0 Å². The molecular weight excluding hydrogens is 272 g/mol. The van der Waals surface area contributed by atoms with Gasteiger partial charge >= 0.3 is 0 Å². The van der Waals surface area contributed by atoms with Crippen LogP contribution in [-0.2, 0) is 12.8 Å². The second-order valence-electron chi connectivity index (χ2n) is 5.11. The Kier molecular flexibility index (Phi) is 2.48. The molecule has 0 nitrogen and oxygen atoms in total. The van der Waals surface area contributed by atoms with Gasteiger partial charge in [0, 0.05) is 14.6 Å². The molecule has 19 heavy (non-hydrogen) atoms. The molecule has 0 unspecified atom stereocenters. The molecule has 0 radical (unpaired) electrons. The Morgan fingerprint density at radius 3 is 2.79 bits per heavy atom. The molecule has 0 spiro atoms. The molecule has 0 fully saturated rings. The molecule has 2 aromatic carbocycles. The van der Waals surface area contributed by atoms with E-state index in [1.54, 1.807) is 0 Å². The molecule has 1 heterocycles. The lowest BCUT2D eigenvalue weighted by Gasteiger charge is -2.19. The number of benzene rings is 2. The Labute approximate surface area is 121 Å². The van der Waals surface area contributed by atoms with Crippen LogP contribution in [0, 0.1) is 6.92 Å². The Bertz CT molecular complexity index is 798. The Balaban J connectivity index is 2.12. The molecule has 0 amide bonds. The lowest BCUT2D eigenvalue weighted by atomic mass is 9.87. The van der Waals surface area contributed by atoms with Crippen LogP contribution in [0.1, 0.15) is 16.7 Å². The van der Waals surface area contributed by atoms with E-state index in [-0.39, 0.29) is 0 Å². The molecule has 1 aliphatic rings. The molecular formula is C17H13ClS. The molecule has 0 bridgehead atoms. The standard InChI is InChI=1S/C17H13ClS/c1-10-14(18)9-7-11-6-8-13-12-4-2-3-5-15(12)19-17(13)16(10)11/h2-5,7,9H,6,8H2,1H3. The number of hydrogen-bond donors (Lipinski definition) is 0. The van der Waals surface area contributed by atoms with Gasteiger partial charge in [0.05, 0.1) is 0 Å². The molecule has 0 saturated heterocycles. The van der Waals surface area contributed by atoms with Gasteiger partial charge in [0.15, 0.2) is 0 Å². The first-order chi connectivity index (χ1) is 9.25. The number of hydrogen-bond acceptors (Lipinski definition) is 1. The van der Waals surface area contributed by atoms with E-state index in [2.05, 4.69) is 37.3 Å². The van der Waals surface area contributed by atoms with Crippen molar-refractivity contribution in [3.05, 3.63) is 58.1 Å². The molecule has 3 aromatic rings. The van der Waals surface area contributed by atoms with Crippen LogP contribution in [0.15, 0.2) is 36.4 Å². The van der Waals surface area contributed by atoms with Crippen molar-refractivity contribution in [3.8, 4) is 10.4 Å². The predicted molar refractivity (Wildman–Crippen MR) is 84.4 cm³/mol. The summed E-state index contributed by atoms with van der Waals surface area (Å²) in [5.41, 5.74) is 5.57.